The second kappa shape index (κ2) is 11.6. The highest BCUT2D eigenvalue weighted by Crippen LogP contribution is 2.20. The highest BCUT2D eigenvalue weighted by molar-refractivity contribution is 5.96. The van der Waals surface area contributed by atoms with Gasteiger partial charge >= 0.3 is 0 Å². The summed E-state index contributed by atoms with van der Waals surface area (Å²) in [4.78, 5) is 31.5. The predicted octanol–water partition coefficient (Wildman–Crippen LogP) is 3.96. The summed E-state index contributed by atoms with van der Waals surface area (Å²) in [6.45, 7) is 8.51. The largest absolute Gasteiger partial charge is 0.353 e. The monoisotopic (exact) mass is 487 g/mol. The van der Waals surface area contributed by atoms with Gasteiger partial charge in [-0.2, -0.15) is 0 Å². The Labute approximate surface area is 210 Å². The standard InChI is InChI=1S/C28H30FN5O2/c1-3-15-34(28(36)23-7-5-21(2)6-8-23)20-27(35)33-17-4-16-32(18-19-33)26-14-13-25(30-31-26)22-9-11-24(29)12-10-22/h3,5-14H,1,4,15-20H2,2H3. The third-order valence-corrected chi connectivity index (χ3v) is 6.22. The van der Waals surface area contributed by atoms with Crippen LogP contribution in [0.1, 0.15) is 22.3 Å². The van der Waals surface area contributed by atoms with Gasteiger partial charge in [-0.25, -0.2) is 4.39 Å². The molecule has 7 nitrogen and oxygen atoms in total. The first-order valence-electron chi connectivity index (χ1n) is 12.0. The summed E-state index contributed by atoms with van der Waals surface area (Å²) in [5.41, 5.74) is 3.10. The van der Waals surface area contributed by atoms with E-state index in [0.717, 1.165) is 29.9 Å². The molecule has 1 aromatic heterocycles. The Morgan fingerprint density at radius 3 is 2.39 bits per heavy atom. The van der Waals surface area contributed by atoms with Gasteiger partial charge in [0.25, 0.3) is 5.91 Å². The Bertz CT molecular complexity index is 1200. The maximum atomic E-state index is 13.2. The van der Waals surface area contributed by atoms with E-state index < -0.39 is 0 Å². The van der Waals surface area contributed by atoms with Crippen LogP contribution in [0.15, 0.2) is 73.3 Å². The Balaban J connectivity index is 1.37. The predicted molar refractivity (Wildman–Crippen MR) is 138 cm³/mol. The fraction of sp³-hybridized carbons (Fsp3) is 0.286. The zero-order chi connectivity index (χ0) is 25.5. The van der Waals surface area contributed by atoms with Crippen LogP contribution in [0.3, 0.4) is 0 Å². The Morgan fingerprint density at radius 2 is 1.72 bits per heavy atom. The van der Waals surface area contributed by atoms with Crippen LogP contribution in [0, 0.1) is 12.7 Å². The number of anilines is 1. The van der Waals surface area contributed by atoms with E-state index in [1.165, 1.54) is 17.0 Å². The van der Waals surface area contributed by atoms with Gasteiger partial charge in [0, 0.05) is 43.9 Å². The molecule has 8 heteroatoms. The summed E-state index contributed by atoms with van der Waals surface area (Å²) in [5.74, 6) is 0.172. The molecule has 2 aromatic carbocycles. The number of rotatable bonds is 7. The second-order valence-corrected chi connectivity index (χ2v) is 8.85. The van der Waals surface area contributed by atoms with Gasteiger partial charge in [0.1, 0.15) is 12.4 Å². The van der Waals surface area contributed by atoms with Crippen molar-refractivity contribution in [3.63, 3.8) is 0 Å². The lowest BCUT2D eigenvalue weighted by Gasteiger charge is -2.26. The van der Waals surface area contributed by atoms with E-state index in [9.17, 15) is 14.0 Å². The van der Waals surface area contributed by atoms with E-state index in [4.69, 9.17) is 0 Å². The minimum atomic E-state index is -0.292. The van der Waals surface area contributed by atoms with Crippen LogP contribution in [-0.2, 0) is 4.79 Å². The molecule has 0 N–H and O–H groups in total. The van der Waals surface area contributed by atoms with Crippen LogP contribution in [0.4, 0.5) is 10.2 Å². The van der Waals surface area contributed by atoms with Crippen LogP contribution in [-0.4, -0.2) is 71.1 Å². The van der Waals surface area contributed by atoms with E-state index in [1.807, 2.05) is 31.2 Å². The van der Waals surface area contributed by atoms with Crippen LogP contribution < -0.4 is 4.90 Å². The average molecular weight is 488 g/mol. The number of nitrogens with zero attached hydrogens (tertiary/aromatic N) is 5. The average Bonchev–Trinajstić information content (AvgIpc) is 3.16. The third kappa shape index (κ3) is 6.13. The number of halogens is 1. The first-order valence-corrected chi connectivity index (χ1v) is 12.0. The minimum absolute atomic E-state index is 0.00486. The van der Waals surface area contributed by atoms with Gasteiger partial charge in [-0.15, -0.1) is 16.8 Å². The van der Waals surface area contributed by atoms with Gasteiger partial charge in [0.2, 0.25) is 5.91 Å². The maximum Gasteiger partial charge on any atom is 0.254 e. The quantitative estimate of drug-likeness (QED) is 0.472. The van der Waals surface area contributed by atoms with Crippen molar-refractivity contribution in [1.82, 2.24) is 20.0 Å². The normalized spacial score (nSPS) is 13.7. The SMILES string of the molecule is C=CCN(CC(=O)N1CCCN(c2ccc(-c3ccc(F)cc3)nn2)CC1)C(=O)c1ccc(C)cc1. The number of hydrogen-bond donors (Lipinski definition) is 0. The van der Waals surface area contributed by atoms with Crippen molar-refractivity contribution in [1.29, 1.82) is 0 Å². The molecule has 186 valence electrons. The number of carbonyl (C=O) groups is 2. The van der Waals surface area contributed by atoms with E-state index in [0.29, 0.717) is 37.4 Å². The lowest BCUT2D eigenvalue weighted by molar-refractivity contribution is -0.131. The van der Waals surface area contributed by atoms with Gasteiger partial charge in [-0.1, -0.05) is 23.8 Å². The molecule has 0 aliphatic carbocycles. The van der Waals surface area contributed by atoms with Crippen molar-refractivity contribution in [3.05, 3.63) is 90.3 Å². The van der Waals surface area contributed by atoms with Gasteiger partial charge in [0.15, 0.2) is 5.82 Å². The summed E-state index contributed by atoms with van der Waals surface area (Å²) in [6.07, 6.45) is 2.41. The number of benzene rings is 2. The molecule has 1 fully saturated rings. The van der Waals surface area contributed by atoms with Crippen molar-refractivity contribution in [2.45, 2.75) is 13.3 Å². The van der Waals surface area contributed by atoms with Crippen molar-refractivity contribution >= 4 is 17.6 Å². The highest BCUT2D eigenvalue weighted by Gasteiger charge is 2.24. The molecule has 0 spiro atoms. The summed E-state index contributed by atoms with van der Waals surface area (Å²) < 4.78 is 13.2. The molecule has 0 radical (unpaired) electrons. The number of aromatic nitrogens is 2. The zero-order valence-corrected chi connectivity index (χ0v) is 20.4. The molecule has 2 heterocycles. The topological polar surface area (TPSA) is 69.6 Å². The molecule has 3 aromatic rings. The summed E-state index contributed by atoms with van der Waals surface area (Å²) in [5, 5.41) is 8.67. The molecule has 0 unspecified atom stereocenters. The van der Waals surface area contributed by atoms with Gasteiger partial charge in [-0.3, -0.25) is 9.59 Å². The van der Waals surface area contributed by atoms with E-state index in [2.05, 4.69) is 21.7 Å². The molecule has 0 saturated carbocycles. The van der Waals surface area contributed by atoms with Crippen LogP contribution >= 0.6 is 0 Å². The molecule has 4 rings (SSSR count). The zero-order valence-electron chi connectivity index (χ0n) is 20.4. The highest BCUT2D eigenvalue weighted by atomic mass is 19.1. The Morgan fingerprint density at radius 1 is 0.972 bits per heavy atom. The van der Waals surface area contributed by atoms with Crippen LogP contribution in [0.5, 0.6) is 0 Å². The second-order valence-electron chi connectivity index (χ2n) is 8.85. The molecule has 1 aliphatic heterocycles. The molecule has 0 atom stereocenters. The number of aryl methyl sites for hydroxylation is 1. The summed E-state index contributed by atoms with van der Waals surface area (Å²) in [7, 11) is 0. The van der Waals surface area contributed by atoms with E-state index in [1.54, 1.807) is 35.2 Å². The third-order valence-electron chi connectivity index (χ3n) is 6.22. The van der Waals surface area contributed by atoms with Gasteiger partial charge in [0.05, 0.1) is 5.69 Å². The summed E-state index contributed by atoms with van der Waals surface area (Å²) >= 11 is 0. The lowest BCUT2D eigenvalue weighted by atomic mass is 10.1. The van der Waals surface area contributed by atoms with Crippen molar-refractivity contribution in [2.75, 3.05) is 44.2 Å². The molecular formula is C28H30FN5O2. The Hall–Kier alpha value is -4.07. The van der Waals surface area contributed by atoms with E-state index >= 15 is 0 Å². The molecule has 1 aliphatic rings. The maximum absolute atomic E-state index is 13.2. The number of hydrogen-bond acceptors (Lipinski definition) is 5. The summed E-state index contributed by atoms with van der Waals surface area (Å²) in [6, 6.07) is 17.3. The van der Waals surface area contributed by atoms with Crippen molar-refractivity contribution in [3.8, 4) is 11.3 Å². The van der Waals surface area contributed by atoms with E-state index in [-0.39, 0.29) is 24.2 Å². The molecular weight excluding hydrogens is 457 g/mol. The smallest absolute Gasteiger partial charge is 0.254 e. The fourth-order valence-corrected chi connectivity index (χ4v) is 4.18. The van der Waals surface area contributed by atoms with Crippen molar-refractivity contribution < 1.29 is 14.0 Å². The van der Waals surface area contributed by atoms with Crippen LogP contribution in [0.25, 0.3) is 11.3 Å². The van der Waals surface area contributed by atoms with Crippen LogP contribution in [0.2, 0.25) is 0 Å². The first kappa shape index (κ1) is 25.0. The van der Waals surface area contributed by atoms with Gasteiger partial charge in [-0.05, 0) is 61.9 Å². The number of amides is 2. The lowest BCUT2D eigenvalue weighted by Crippen LogP contribution is -2.44. The number of carbonyl (C=O) groups excluding carboxylic acids is 2. The molecule has 36 heavy (non-hydrogen) atoms. The molecule has 0 bridgehead atoms. The first-order chi connectivity index (χ1) is 17.4. The van der Waals surface area contributed by atoms with Crippen molar-refractivity contribution in [2.24, 2.45) is 0 Å². The molecule has 2 amide bonds. The minimum Gasteiger partial charge on any atom is -0.353 e. The Kier molecular flexibility index (Phi) is 8.05. The molecule has 1 saturated heterocycles. The fourth-order valence-electron chi connectivity index (χ4n) is 4.18. The van der Waals surface area contributed by atoms with Gasteiger partial charge < -0.3 is 14.7 Å².